The maximum Gasteiger partial charge on any atom is 0.338 e. The number of aliphatic hydroxyl groups excluding tert-OH is 1. The molecule has 13 atom stereocenters. The number of carbonyl (C=O) groups is 3. The summed E-state index contributed by atoms with van der Waals surface area (Å²) in [5.74, 6) is -2.17. The summed E-state index contributed by atoms with van der Waals surface area (Å²) in [6.07, 6.45) is -15.7. The van der Waals surface area contributed by atoms with Crippen LogP contribution in [0.4, 0.5) is 0 Å². The maximum atomic E-state index is 14.7. The van der Waals surface area contributed by atoms with Crippen LogP contribution in [0.15, 0.2) is 152 Å². The lowest BCUT2D eigenvalue weighted by molar-refractivity contribution is -0.359. The van der Waals surface area contributed by atoms with Crippen LogP contribution in [0.3, 0.4) is 0 Å². The first-order valence-corrected chi connectivity index (χ1v) is 25.2. The molecule has 5 aromatic carbocycles. The molecule has 0 amide bonds. The second kappa shape index (κ2) is 28.3. The van der Waals surface area contributed by atoms with E-state index in [2.05, 4.69) is 0 Å². The van der Waals surface area contributed by atoms with Gasteiger partial charge in [0.1, 0.15) is 55.4 Å². The van der Waals surface area contributed by atoms with Crippen LogP contribution in [-0.4, -0.2) is 130 Å². The number of esters is 3. The lowest BCUT2D eigenvalue weighted by atomic mass is 9.96. The molecule has 3 heterocycles. The number of hydrogen-bond acceptors (Lipinski definition) is 17. The molecule has 0 aromatic heterocycles. The summed E-state index contributed by atoms with van der Waals surface area (Å²) in [6.45, 7) is 3.03. The van der Waals surface area contributed by atoms with Crippen LogP contribution in [0, 0.1) is 0 Å². The van der Waals surface area contributed by atoms with Gasteiger partial charge in [0.05, 0.1) is 46.2 Å². The van der Waals surface area contributed by atoms with Gasteiger partial charge in [-0.25, -0.2) is 4.79 Å². The summed E-state index contributed by atoms with van der Waals surface area (Å²) in [4.78, 5) is 40.5. The lowest BCUT2D eigenvalue weighted by Crippen LogP contribution is -2.66. The monoisotopic (exact) mass is 1030 g/mol. The van der Waals surface area contributed by atoms with E-state index >= 15 is 0 Å². The summed E-state index contributed by atoms with van der Waals surface area (Å²) < 4.78 is 82.1. The van der Waals surface area contributed by atoms with E-state index in [1.54, 1.807) is 12.1 Å². The number of ether oxygens (including phenoxy) is 13. The third kappa shape index (κ3) is 16.0. The molecular formula is C58H66O17. The van der Waals surface area contributed by atoms with Crippen LogP contribution in [-0.2, 0) is 109 Å². The molecule has 75 heavy (non-hydrogen) atoms. The zero-order chi connectivity index (χ0) is 52.4. The zero-order valence-corrected chi connectivity index (χ0v) is 42.3. The van der Waals surface area contributed by atoms with Crippen molar-refractivity contribution in [2.24, 2.45) is 0 Å². The van der Waals surface area contributed by atoms with Crippen molar-refractivity contribution in [1.82, 2.24) is 0 Å². The van der Waals surface area contributed by atoms with Crippen molar-refractivity contribution in [1.29, 1.82) is 0 Å². The van der Waals surface area contributed by atoms with Gasteiger partial charge in [0.15, 0.2) is 30.9 Å². The molecular weight excluding hydrogens is 969 g/mol. The minimum atomic E-state index is -1.64. The molecule has 0 saturated carbocycles. The fourth-order valence-corrected chi connectivity index (χ4v) is 9.19. The molecule has 3 fully saturated rings. The van der Waals surface area contributed by atoms with Gasteiger partial charge in [0.2, 0.25) is 0 Å². The third-order valence-corrected chi connectivity index (χ3v) is 12.9. The molecule has 0 spiro atoms. The number of benzene rings is 5. The minimum Gasteiger partial charge on any atom is -0.459 e. The van der Waals surface area contributed by atoms with Gasteiger partial charge in [-0.2, -0.15) is 0 Å². The van der Waals surface area contributed by atoms with E-state index in [4.69, 9.17) is 61.6 Å². The summed E-state index contributed by atoms with van der Waals surface area (Å²) in [5, 5.41) is 12.2. The Labute approximate surface area is 437 Å². The van der Waals surface area contributed by atoms with Crippen LogP contribution >= 0.6 is 0 Å². The zero-order valence-electron chi connectivity index (χ0n) is 42.3. The number of carbonyl (C=O) groups excluding carboxylic acids is 3. The molecule has 8 rings (SSSR count). The molecule has 1 N–H and O–H groups in total. The van der Waals surface area contributed by atoms with Crippen LogP contribution in [0.5, 0.6) is 0 Å². The normalized spacial score (nSPS) is 27.7. The fraction of sp³-hybridized carbons (Fsp3) is 0.431. The highest BCUT2D eigenvalue weighted by atomic mass is 16.8. The van der Waals surface area contributed by atoms with Crippen LogP contribution < -0.4 is 0 Å². The van der Waals surface area contributed by atoms with Crippen molar-refractivity contribution < 1.29 is 81.1 Å². The first kappa shape index (κ1) is 55.3. The second-order valence-electron chi connectivity index (χ2n) is 18.4. The van der Waals surface area contributed by atoms with E-state index in [0.29, 0.717) is 5.56 Å². The van der Waals surface area contributed by atoms with Crippen LogP contribution in [0.1, 0.15) is 48.1 Å². The van der Waals surface area contributed by atoms with E-state index < -0.39 is 97.6 Å². The Bertz CT molecular complexity index is 2470. The highest BCUT2D eigenvalue weighted by Crippen LogP contribution is 2.36. The Morgan fingerprint density at radius 3 is 1.49 bits per heavy atom. The van der Waals surface area contributed by atoms with E-state index in [0.717, 1.165) is 22.3 Å². The Hall–Kier alpha value is -5.93. The van der Waals surface area contributed by atoms with Crippen molar-refractivity contribution in [3.63, 3.8) is 0 Å². The Morgan fingerprint density at radius 1 is 0.520 bits per heavy atom. The SMILES string of the molecule is CO[C@@H]1[C@@H](OC(C)=O)[C@H](O[C@H]2[C@H](O)[C@@H](OCc3ccccc3)CO[C@@H]2COCc2ccccc2)O[C@H](C(=O)OCc2ccccc2)[C@H]1O[C@@H]1C[C@@H](OCc2ccccc2)[C@H](OC(C)=O)[C@@H](COCc2ccccc2)O1. The number of methoxy groups -OCH3 is 1. The van der Waals surface area contributed by atoms with Gasteiger partial charge in [-0.15, -0.1) is 0 Å². The van der Waals surface area contributed by atoms with Gasteiger partial charge in [0.25, 0.3) is 0 Å². The molecule has 0 aliphatic carbocycles. The fourth-order valence-electron chi connectivity index (χ4n) is 9.19. The molecule has 3 saturated heterocycles. The van der Waals surface area contributed by atoms with Gasteiger partial charge < -0.3 is 66.7 Å². The summed E-state index contributed by atoms with van der Waals surface area (Å²) in [7, 11) is 1.36. The average Bonchev–Trinajstić information content (AvgIpc) is 3.42. The molecule has 17 heteroatoms. The summed E-state index contributed by atoms with van der Waals surface area (Å²) >= 11 is 0. The highest BCUT2D eigenvalue weighted by Gasteiger charge is 2.56. The predicted molar refractivity (Wildman–Crippen MR) is 268 cm³/mol. The van der Waals surface area contributed by atoms with Crippen molar-refractivity contribution in [3.8, 4) is 0 Å². The largest absolute Gasteiger partial charge is 0.459 e. The minimum absolute atomic E-state index is 0.00871. The topological polar surface area (TPSA) is 191 Å². The van der Waals surface area contributed by atoms with E-state index in [9.17, 15) is 19.5 Å². The average molecular weight is 1040 g/mol. The molecule has 0 radical (unpaired) electrons. The van der Waals surface area contributed by atoms with Crippen molar-refractivity contribution in [3.05, 3.63) is 179 Å². The summed E-state index contributed by atoms with van der Waals surface area (Å²) in [5.41, 5.74) is 4.25. The summed E-state index contributed by atoms with van der Waals surface area (Å²) in [6, 6.07) is 47.1. The first-order valence-electron chi connectivity index (χ1n) is 25.2. The first-order chi connectivity index (χ1) is 36.6. The van der Waals surface area contributed by atoms with Gasteiger partial charge >= 0.3 is 17.9 Å². The molecule has 3 aliphatic rings. The Morgan fingerprint density at radius 2 is 0.987 bits per heavy atom. The van der Waals surface area contributed by atoms with Crippen LogP contribution in [0.25, 0.3) is 0 Å². The smallest absolute Gasteiger partial charge is 0.338 e. The second-order valence-corrected chi connectivity index (χ2v) is 18.4. The molecule has 0 bridgehead atoms. The molecule has 400 valence electrons. The Balaban J connectivity index is 1.09. The van der Waals surface area contributed by atoms with Crippen molar-refractivity contribution >= 4 is 17.9 Å². The van der Waals surface area contributed by atoms with Gasteiger partial charge in [-0.05, 0) is 27.8 Å². The van der Waals surface area contributed by atoms with E-state index in [1.165, 1.54) is 21.0 Å². The molecule has 5 aromatic rings. The molecule has 3 aliphatic heterocycles. The molecule has 0 unspecified atom stereocenters. The van der Waals surface area contributed by atoms with Crippen molar-refractivity contribution in [2.45, 2.75) is 133 Å². The number of rotatable bonds is 24. The van der Waals surface area contributed by atoms with Gasteiger partial charge in [-0.3, -0.25) is 9.59 Å². The third-order valence-electron chi connectivity index (χ3n) is 12.9. The number of hydrogen-bond donors (Lipinski definition) is 1. The highest BCUT2D eigenvalue weighted by molar-refractivity contribution is 5.76. The predicted octanol–water partition coefficient (Wildman–Crippen LogP) is 6.58. The maximum absolute atomic E-state index is 14.7. The van der Waals surface area contributed by atoms with Crippen LogP contribution in [0.2, 0.25) is 0 Å². The van der Waals surface area contributed by atoms with Gasteiger partial charge in [0, 0.05) is 27.4 Å². The van der Waals surface area contributed by atoms with Crippen molar-refractivity contribution in [2.75, 3.05) is 26.9 Å². The van der Waals surface area contributed by atoms with E-state index in [-0.39, 0.29) is 59.3 Å². The standard InChI is InChI=1S/C58H66O17/c1-38(59)70-51-45(66-32-42-23-13-6-14-24-42)29-49(72-48(51)36-65-31-41-21-11-5-12-22-41)73-54-53(63-3)56(71-39(2)60)58(75-55(54)57(62)69-34-44-27-17-8-18-28-44)74-52-47(35-64-30-40-19-9-4-10-20-40)68-37-46(50(52)61)67-33-43-25-15-7-16-26-43/h4-28,45-56,58,61H,29-37H2,1-3H3/t45-,46+,47-,48-,49-,50-,51+,52-,53+,54+,55+,56-,58-/m1/s1. The van der Waals surface area contributed by atoms with E-state index in [1.807, 2.05) is 140 Å². The van der Waals surface area contributed by atoms with Gasteiger partial charge in [-0.1, -0.05) is 152 Å². The quantitative estimate of drug-likeness (QED) is 0.0514. The Kier molecular flexibility index (Phi) is 20.8. The lowest BCUT2D eigenvalue weighted by Gasteiger charge is -2.48. The molecule has 17 nitrogen and oxygen atoms in total. The number of aliphatic hydroxyl groups is 1.